The van der Waals surface area contributed by atoms with E-state index in [-0.39, 0.29) is 11.8 Å². The van der Waals surface area contributed by atoms with Crippen molar-refractivity contribution in [2.75, 3.05) is 25.0 Å². The third-order valence-electron chi connectivity index (χ3n) is 3.91. The quantitative estimate of drug-likeness (QED) is 0.925. The first-order valence-electron chi connectivity index (χ1n) is 7.57. The average Bonchev–Trinajstić information content (AvgIpc) is 2.44. The molecule has 1 saturated heterocycles. The van der Waals surface area contributed by atoms with Crippen LogP contribution < -0.4 is 5.32 Å². The van der Waals surface area contributed by atoms with Gasteiger partial charge < -0.3 is 10.2 Å². The van der Waals surface area contributed by atoms with Crippen LogP contribution >= 0.6 is 0 Å². The monoisotopic (exact) mass is 285 g/mol. The van der Waals surface area contributed by atoms with Gasteiger partial charge in [0.15, 0.2) is 0 Å². The minimum Gasteiger partial charge on any atom is -0.326 e. The van der Waals surface area contributed by atoms with Crippen molar-refractivity contribution in [2.45, 2.75) is 33.1 Å². The van der Waals surface area contributed by atoms with Crippen molar-refractivity contribution >= 4 is 11.6 Å². The van der Waals surface area contributed by atoms with Crippen LogP contribution in [0.25, 0.3) is 0 Å². The lowest BCUT2D eigenvalue weighted by Crippen LogP contribution is -2.41. The number of amides is 1. The van der Waals surface area contributed by atoms with E-state index in [0.717, 1.165) is 49.3 Å². The Bertz CT molecular complexity index is 527. The third-order valence-corrected chi connectivity index (χ3v) is 3.91. The fourth-order valence-corrected chi connectivity index (χ4v) is 2.97. The number of hydrogen-bond acceptors (Lipinski definition) is 3. The molecule has 1 aliphatic heterocycles. The van der Waals surface area contributed by atoms with Gasteiger partial charge >= 0.3 is 0 Å². The van der Waals surface area contributed by atoms with Crippen LogP contribution in [0.4, 0.5) is 5.69 Å². The van der Waals surface area contributed by atoms with E-state index >= 15 is 0 Å². The molecule has 1 N–H and O–H groups in total. The zero-order valence-corrected chi connectivity index (χ0v) is 12.9. The molecule has 1 atom stereocenters. The van der Waals surface area contributed by atoms with E-state index in [1.165, 1.54) is 0 Å². The first-order chi connectivity index (χ1) is 10.1. The molecule has 21 heavy (non-hydrogen) atoms. The first kappa shape index (κ1) is 15.5. The number of likely N-dealkylation sites (tertiary alicyclic amines) is 1. The molecule has 1 amide bonds. The van der Waals surface area contributed by atoms with Crippen molar-refractivity contribution in [1.29, 1.82) is 5.26 Å². The lowest BCUT2D eigenvalue weighted by molar-refractivity contribution is -0.121. The van der Waals surface area contributed by atoms with Gasteiger partial charge in [0.05, 0.1) is 12.0 Å². The van der Waals surface area contributed by atoms with Crippen LogP contribution in [0, 0.1) is 31.1 Å². The van der Waals surface area contributed by atoms with Gasteiger partial charge in [-0.05, 0) is 56.5 Å². The highest BCUT2D eigenvalue weighted by Gasteiger charge is 2.25. The molecule has 4 heteroatoms. The predicted molar refractivity (Wildman–Crippen MR) is 83.9 cm³/mol. The van der Waals surface area contributed by atoms with Gasteiger partial charge in [0, 0.05) is 25.2 Å². The number of piperidine rings is 1. The second-order valence-electron chi connectivity index (χ2n) is 5.91. The Hall–Kier alpha value is -1.86. The van der Waals surface area contributed by atoms with E-state index in [9.17, 15) is 4.79 Å². The van der Waals surface area contributed by atoms with Crippen molar-refractivity contribution in [3.8, 4) is 6.07 Å². The fraction of sp³-hybridized carbons (Fsp3) is 0.529. The standard InChI is InChI=1S/C17H23N3O/c1-13-9-14(2)11-16(10-13)19-17(21)15-5-3-7-20(12-15)8-4-6-18/h9-11,15H,3-5,7-8,12H2,1-2H3,(H,19,21). The average molecular weight is 285 g/mol. The molecule has 0 aliphatic carbocycles. The van der Waals surface area contributed by atoms with E-state index in [1.54, 1.807) is 0 Å². The SMILES string of the molecule is Cc1cc(C)cc(NC(=O)C2CCCN(CCC#N)C2)c1. The molecule has 1 unspecified atom stereocenters. The number of benzene rings is 1. The summed E-state index contributed by atoms with van der Waals surface area (Å²) in [6.07, 6.45) is 2.49. The number of hydrogen-bond donors (Lipinski definition) is 1. The largest absolute Gasteiger partial charge is 0.326 e. The van der Waals surface area contributed by atoms with E-state index in [4.69, 9.17) is 5.26 Å². The number of nitriles is 1. The number of anilines is 1. The molecule has 0 bridgehead atoms. The minimum atomic E-state index is 0.0262. The zero-order valence-electron chi connectivity index (χ0n) is 12.9. The maximum absolute atomic E-state index is 12.4. The highest BCUT2D eigenvalue weighted by molar-refractivity contribution is 5.92. The molecule has 1 aliphatic rings. The molecular weight excluding hydrogens is 262 g/mol. The summed E-state index contributed by atoms with van der Waals surface area (Å²) in [5.74, 6) is 0.125. The molecule has 2 rings (SSSR count). The van der Waals surface area contributed by atoms with E-state index in [1.807, 2.05) is 26.0 Å². The fourth-order valence-electron chi connectivity index (χ4n) is 2.97. The Kier molecular flexibility index (Phi) is 5.35. The Morgan fingerprint density at radius 2 is 2.10 bits per heavy atom. The van der Waals surface area contributed by atoms with Gasteiger partial charge in [-0.2, -0.15) is 5.26 Å². The van der Waals surface area contributed by atoms with Gasteiger partial charge in [-0.3, -0.25) is 4.79 Å². The maximum atomic E-state index is 12.4. The molecule has 1 heterocycles. The van der Waals surface area contributed by atoms with Gasteiger partial charge in [-0.1, -0.05) is 6.07 Å². The van der Waals surface area contributed by atoms with Gasteiger partial charge in [0.25, 0.3) is 0 Å². The van der Waals surface area contributed by atoms with Crippen molar-refractivity contribution in [3.05, 3.63) is 29.3 Å². The molecule has 1 aromatic carbocycles. The van der Waals surface area contributed by atoms with Crippen LogP contribution in [0.1, 0.15) is 30.4 Å². The van der Waals surface area contributed by atoms with E-state index < -0.39 is 0 Å². The highest BCUT2D eigenvalue weighted by atomic mass is 16.1. The predicted octanol–water partition coefficient (Wildman–Crippen LogP) is 2.87. The van der Waals surface area contributed by atoms with Crippen LogP contribution in [-0.2, 0) is 4.79 Å². The first-order valence-corrected chi connectivity index (χ1v) is 7.57. The lowest BCUT2D eigenvalue weighted by Gasteiger charge is -2.31. The third kappa shape index (κ3) is 4.57. The van der Waals surface area contributed by atoms with E-state index in [2.05, 4.69) is 22.4 Å². The number of nitrogens with one attached hydrogen (secondary N) is 1. The topological polar surface area (TPSA) is 56.1 Å². The molecule has 0 spiro atoms. The smallest absolute Gasteiger partial charge is 0.228 e. The van der Waals surface area contributed by atoms with Crippen molar-refractivity contribution in [2.24, 2.45) is 5.92 Å². The minimum absolute atomic E-state index is 0.0262. The van der Waals surface area contributed by atoms with Crippen molar-refractivity contribution in [3.63, 3.8) is 0 Å². The van der Waals surface area contributed by atoms with Gasteiger partial charge in [-0.25, -0.2) is 0 Å². The van der Waals surface area contributed by atoms with Gasteiger partial charge in [0.1, 0.15) is 0 Å². The van der Waals surface area contributed by atoms with Gasteiger partial charge in [0.2, 0.25) is 5.91 Å². The summed E-state index contributed by atoms with van der Waals surface area (Å²) in [6.45, 7) is 6.59. The van der Waals surface area contributed by atoms with Crippen LogP contribution in [0.15, 0.2) is 18.2 Å². The summed E-state index contributed by atoms with van der Waals surface area (Å²) in [4.78, 5) is 14.6. The van der Waals surface area contributed by atoms with Crippen LogP contribution in [0.3, 0.4) is 0 Å². The van der Waals surface area contributed by atoms with E-state index in [0.29, 0.717) is 6.42 Å². The summed E-state index contributed by atoms with van der Waals surface area (Å²) in [7, 11) is 0. The van der Waals surface area contributed by atoms with Crippen LogP contribution in [-0.4, -0.2) is 30.4 Å². The van der Waals surface area contributed by atoms with Crippen LogP contribution in [0.2, 0.25) is 0 Å². The Morgan fingerprint density at radius 3 is 2.76 bits per heavy atom. The summed E-state index contributed by atoms with van der Waals surface area (Å²) in [6, 6.07) is 8.27. The maximum Gasteiger partial charge on any atom is 0.228 e. The Labute approximate surface area is 126 Å². The number of aryl methyl sites for hydroxylation is 2. The molecule has 1 fully saturated rings. The molecule has 112 valence electrons. The van der Waals surface area contributed by atoms with Crippen molar-refractivity contribution in [1.82, 2.24) is 4.90 Å². The Balaban J connectivity index is 1.94. The second kappa shape index (κ2) is 7.24. The summed E-state index contributed by atoms with van der Waals surface area (Å²) in [5, 5.41) is 11.7. The molecular formula is C17H23N3O. The number of nitrogens with zero attached hydrogens (tertiary/aromatic N) is 2. The van der Waals surface area contributed by atoms with Gasteiger partial charge in [-0.15, -0.1) is 0 Å². The number of rotatable bonds is 4. The molecule has 4 nitrogen and oxygen atoms in total. The molecule has 1 aromatic rings. The second-order valence-corrected chi connectivity index (χ2v) is 5.91. The highest BCUT2D eigenvalue weighted by Crippen LogP contribution is 2.20. The molecule has 0 aromatic heterocycles. The molecule has 0 saturated carbocycles. The summed E-state index contributed by atoms with van der Waals surface area (Å²) in [5.41, 5.74) is 3.20. The molecule has 0 radical (unpaired) electrons. The zero-order chi connectivity index (χ0) is 15.2. The number of carbonyl (C=O) groups excluding carboxylic acids is 1. The normalized spacial score (nSPS) is 19.0. The summed E-state index contributed by atoms with van der Waals surface area (Å²) >= 11 is 0. The van der Waals surface area contributed by atoms with Crippen LogP contribution in [0.5, 0.6) is 0 Å². The summed E-state index contributed by atoms with van der Waals surface area (Å²) < 4.78 is 0. The lowest BCUT2D eigenvalue weighted by atomic mass is 9.96. The van der Waals surface area contributed by atoms with Crippen molar-refractivity contribution < 1.29 is 4.79 Å². The Morgan fingerprint density at radius 1 is 1.38 bits per heavy atom. The number of carbonyl (C=O) groups is 1.